The highest BCUT2D eigenvalue weighted by atomic mass is 19.3. The fraction of sp³-hybridized carbons (Fsp3) is 0.455. The fourth-order valence-electron chi connectivity index (χ4n) is 4.19. The van der Waals surface area contributed by atoms with E-state index in [0.29, 0.717) is 31.6 Å². The zero-order chi connectivity index (χ0) is 20.5. The lowest BCUT2D eigenvalue weighted by molar-refractivity contribution is -0.0524. The minimum atomic E-state index is -2.55. The molecule has 1 spiro atoms. The molecule has 1 saturated heterocycles. The molecule has 4 rings (SSSR count). The van der Waals surface area contributed by atoms with Crippen molar-refractivity contribution < 1.29 is 13.6 Å². The fourth-order valence-corrected chi connectivity index (χ4v) is 4.19. The van der Waals surface area contributed by atoms with Gasteiger partial charge in [-0.1, -0.05) is 18.2 Å². The molecule has 7 heteroatoms. The van der Waals surface area contributed by atoms with Crippen molar-refractivity contribution in [2.75, 3.05) is 31.7 Å². The number of nitrogens with zero attached hydrogens (tertiary/aromatic N) is 3. The number of alkyl halides is 2. The van der Waals surface area contributed by atoms with Gasteiger partial charge in [-0.15, -0.1) is 0 Å². The molecule has 29 heavy (non-hydrogen) atoms. The van der Waals surface area contributed by atoms with Crippen LogP contribution in [-0.4, -0.2) is 53.9 Å². The van der Waals surface area contributed by atoms with Gasteiger partial charge in [-0.3, -0.25) is 15.0 Å². The third kappa shape index (κ3) is 4.46. The SMILES string of the molecule is CN(c1ccccc1)c1ccc(C(=O)CN2CNC3(CCC(F)(F)CC3)C2)cn1. The van der Waals surface area contributed by atoms with Crippen molar-refractivity contribution in [2.24, 2.45) is 0 Å². The van der Waals surface area contributed by atoms with E-state index >= 15 is 0 Å². The molecule has 1 aliphatic carbocycles. The minimum absolute atomic E-state index is 0.00796. The first-order valence-electron chi connectivity index (χ1n) is 9.99. The summed E-state index contributed by atoms with van der Waals surface area (Å²) in [7, 11) is 1.93. The van der Waals surface area contributed by atoms with E-state index in [9.17, 15) is 13.6 Å². The molecule has 1 aliphatic heterocycles. The maximum absolute atomic E-state index is 13.5. The molecule has 1 aromatic heterocycles. The molecule has 0 unspecified atom stereocenters. The number of hydrogen-bond donors (Lipinski definition) is 1. The molecule has 2 aliphatic rings. The molecule has 2 aromatic rings. The lowest BCUT2D eigenvalue weighted by Crippen LogP contribution is -2.48. The third-order valence-corrected chi connectivity index (χ3v) is 6.07. The first kappa shape index (κ1) is 19.9. The predicted octanol–water partition coefficient (Wildman–Crippen LogP) is 3.84. The van der Waals surface area contributed by atoms with Crippen LogP contribution in [0.3, 0.4) is 0 Å². The van der Waals surface area contributed by atoms with Crippen LogP contribution < -0.4 is 10.2 Å². The van der Waals surface area contributed by atoms with Gasteiger partial charge in [0.1, 0.15) is 5.82 Å². The van der Waals surface area contributed by atoms with E-state index in [-0.39, 0.29) is 30.7 Å². The summed E-state index contributed by atoms with van der Waals surface area (Å²) in [6.07, 6.45) is 2.35. The molecular weight excluding hydrogens is 374 g/mol. The summed E-state index contributed by atoms with van der Waals surface area (Å²) in [6.45, 7) is 1.46. The lowest BCUT2D eigenvalue weighted by Gasteiger charge is -2.37. The molecule has 0 atom stereocenters. The first-order chi connectivity index (χ1) is 13.9. The van der Waals surface area contributed by atoms with Crippen molar-refractivity contribution in [3.05, 3.63) is 54.2 Å². The van der Waals surface area contributed by atoms with E-state index in [1.165, 1.54) is 0 Å². The Morgan fingerprint density at radius 2 is 1.86 bits per heavy atom. The van der Waals surface area contributed by atoms with Gasteiger partial charge >= 0.3 is 0 Å². The topological polar surface area (TPSA) is 48.5 Å². The average Bonchev–Trinajstić information content (AvgIpc) is 3.13. The van der Waals surface area contributed by atoms with Crippen molar-refractivity contribution in [3.63, 3.8) is 0 Å². The normalized spacial score (nSPS) is 20.7. The second-order valence-electron chi connectivity index (χ2n) is 8.18. The molecular formula is C22H26F2N4O. The number of rotatable bonds is 5. The summed E-state index contributed by atoms with van der Waals surface area (Å²) in [5, 5.41) is 3.38. The monoisotopic (exact) mass is 400 g/mol. The summed E-state index contributed by atoms with van der Waals surface area (Å²) < 4.78 is 26.9. The Labute approximate surface area is 169 Å². The summed E-state index contributed by atoms with van der Waals surface area (Å²) in [6, 6.07) is 13.5. The largest absolute Gasteiger partial charge is 0.329 e. The van der Waals surface area contributed by atoms with Gasteiger partial charge in [0.2, 0.25) is 5.92 Å². The number of para-hydroxylation sites is 1. The van der Waals surface area contributed by atoms with Gasteiger partial charge < -0.3 is 4.90 Å². The second kappa shape index (κ2) is 7.80. The number of pyridine rings is 1. The van der Waals surface area contributed by atoms with Gasteiger partial charge in [-0.2, -0.15) is 0 Å². The van der Waals surface area contributed by atoms with E-state index in [1.807, 2.05) is 53.2 Å². The third-order valence-electron chi connectivity index (χ3n) is 6.07. The van der Waals surface area contributed by atoms with Crippen LogP contribution in [0.5, 0.6) is 0 Å². The van der Waals surface area contributed by atoms with Crippen molar-refractivity contribution in [1.82, 2.24) is 15.2 Å². The number of carbonyl (C=O) groups is 1. The van der Waals surface area contributed by atoms with Gasteiger partial charge in [-0.05, 0) is 37.1 Å². The number of halogens is 2. The number of Topliss-reactive ketones (excluding diaryl/α,β-unsaturated/α-hetero) is 1. The summed E-state index contributed by atoms with van der Waals surface area (Å²) in [5.74, 6) is -1.79. The summed E-state index contributed by atoms with van der Waals surface area (Å²) in [4.78, 5) is 21.1. The number of ketones is 1. The first-order valence-corrected chi connectivity index (χ1v) is 9.99. The van der Waals surface area contributed by atoms with Crippen molar-refractivity contribution in [2.45, 2.75) is 37.1 Å². The highest BCUT2D eigenvalue weighted by Crippen LogP contribution is 2.40. The number of anilines is 2. The van der Waals surface area contributed by atoms with Crippen LogP contribution in [0.4, 0.5) is 20.3 Å². The van der Waals surface area contributed by atoms with Crippen molar-refractivity contribution >= 4 is 17.3 Å². The minimum Gasteiger partial charge on any atom is -0.329 e. The second-order valence-corrected chi connectivity index (χ2v) is 8.18. The number of aromatic nitrogens is 1. The number of hydrogen-bond acceptors (Lipinski definition) is 5. The van der Waals surface area contributed by atoms with Gasteiger partial charge in [0.15, 0.2) is 5.78 Å². The lowest BCUT2D eigenvalue weighted by atomic mass is 9.80. The molecule has 0 radical (unpaired) electrons. The molecule has 1 N–H and O–H groups in total. The van der Waals surface area contributed by atoms with Gasteiger partial charge in [0, 0.05) is 56.1 Å². The maximum atomic E-state index is 13.5. The number of benzene rings is 1. The van der Waals surface area contributed by atoms with Crippen LogP contribution in [0.15, 0.2) is 48.7 Å². The summed E-state index contributed by atoms with van der Waals surface area (Å²) in [5.41, 5.74) is 1.31. The van der Waals surface area contributed by atoms with E-state index < -0.39 is 5.92 Å². The molecule has 0 bridgehead atoms. The van der Waals surface area contributed by atoms with Gasteiger partial charge in [0.05, 0.1) is 6.54 Å². The molecule has 5 nitrogen and oxygen atoms in total. The standard InChI is InChI=1S/C22H26F2N4O/c1-27(18-5-3-2-4-6-18)20-8-7-17(13-25-20)19(29)14-28-15-21(26-16-28)9-11-22(23,24)12-10-21/h2-8,13,26H,9-12,14-16H2,1H3. The Morgan fingerprint density at radius 1 is 1.14 bits per heavy atom. The Morgan fingerprint density at radius 3 is 2.52 bits per heavy atom. The molecule has 1 aromatic carbocycles. The quantitative estimate of drug-likeness (QED) is 0.773. The van der Waals surface area contributed by atoms with Crippen molar-refractivity contribution in [1.29, 1.82) is 0 Å². The van der Waals surface area contributed by atoms with Crippen LogP contribution in [-0.2, 0) is 0 Å². The highest BCUT2D eigenvalue weighted by Gasteiger charge is 2.46. The Kier molecular flexibility index (Phi) is 5.36. The van der Waals surface area contributed by atoms with Crippen LogP contribution in [0.25, 0.3) is 0 Å². The van der Waals surface area contributed by atoms with Crippen molar-refractivity contribution in [3.8, 4) is 0 Å². The van der Waals surface area contributed by atoms with Gasteiger partial charge in [-0.25, -0.2) is 13.8 Å². The maximum Gasteiger partial charge on any atom is 0.248 e. The zero-order valence-corrected chi connectivity index (χ0v) is 16.6. The van der Waals surface area contributed by atoms with E-state index in [0.717, 1.165) is 11.5 Å². The van der Waals surface area contributed by atoms with E-state index in [1.54, 1.807) is 12.3 Å². The summed E-state index contributed by atoms with van der Waals surface area (Å²) >= 11 is 0. The number of carbonyl (C=O) groups excluding carboxylic acids is 1. The van der Waals surface area contributed by atoms with E-state index in [2.05, 4.69) is 10.3 Å². The molecule has 1 saturated carbocycles. The number of nitrogens with one attached hydrogen (secondary N) is 1. The van der Waals surface area contributed by atoms with Gasteiger partial charge in [0.25, 0.3) is 0 Å². The Bertz CT molecular complexity index is 847. The Balaban J connectivity index is 1.35. The predicted molar refractivity (Wildman–Crippen MR) is 109 cm³/mol. The average molecular weight is 400 g/mol. The molecule has 2 fully saturated rings. The Hall–Kier alpha value is -2.38. The zero-order valence-electron chi connectivity index (χ0n) is 16.6. The van der Waals surface area contributed by atoms with Crippen LogP contribution in [0.2, 0.25) is 0 Å². The molecule has 154 valence electrons. The molecule has 0 amide bonds. The van der Waals surface area contributed by atoms with Crippen LogP contribution >= 0.6 is 0 Å². The van der Waals surface area contributed by atoms with Crippen LogP contribution in [0, 0.1) is 0 Å². The van der Waals surface area contributed by atoms with E-state index in [4.69, 9.17) is 0 Å². The molecule has 2 heterocycles. The smallest absolute Gasteiger partial charge is 0.248 e. The van der Waals surface area contributed by atoms with Crippen LogP contribution in [0.1, 0.15) is 36.0 Å². The highest BCUT2D eigenvalue weighted by molar-refractivity contribution is 5.97.